The van der Waals surface area contributed by atoms with Crippen LogP contribution in [0.15, 0.2) is 49.6 Å². The second-order valence-corrected chi connectivity index (χ2v) is 13.2. The number of rotatable bonds is 16. The van der Waals surface area contributed by atoms with Crippen molar-refractivity contribution in [2.45, 2.75) is 89.4 Å². The summed E-state index contributed by atoms with van der Waals surface area (Å²) in [6, 6.07) is 5.66. The highest BCUT2D eigenvalue weighted by molar-refractivity contribution is 5.98. The zero-order valence-electron chi connectivity index (χ0n) is 27.4. The summed E-state index contributed by atoms with van der Waals surface area (Å²) in [5, 5.41) is 21.8. The van der Waals surface area contributed by atoms with Gasteiger partial charge in [0.15, 0.2) is 0 Å². The fraction of sp³-hybridized carbons (Fsp3) is 0.588. The average molecular weight is 651 g/mol. The summed E-state index contributed by atoms with van der Waals surface area (Å²) in [7, 11) is 0. The molecule has 3 amide bonds. The maximum atomic E-state index is 14.8. The molecule has 1 aromatic carbocycles. The number of carbonyl (C=O) groups is 4. The van der Waals surface area contributed by atoms with E-state index in [2.05, 4.69) is 28.8 Å². The molecule has 5 rings (SSSR count). The molecule has 254 valence electrons. The molecular weight excluding hydrogens is 604 g/mol. The standard InChI is InChI=1S/C34H46N6O7/c1-6-8-13-27(42)35-18-22(5)46-33(45)28-26-14-15-34(47-26)29(28)31(43)40(23(19-41)17-21(3)4)30(34)32(44)38(16-7-2)20-39-25-12-10-9-11-24(25)36-37-39/h6-7,9-12,21-23,26,28-30,41H,1-2,8,13-20H2,3-5H3,(H,35,42)/t22-,23-,26-,28+,29+,30-,34+/m1/s1. The predicted molar refractivity (Wildman–Crippen MR) is 172 cm³/mol. The maximum absolute atomic E-state index is 14.8. The van der Waals surface area contributed by atoms with E-state index in [1.807, 2.05) is 38.1 Å². The number of para-hydroxylation sites is 1. The van der Waals surface area contributed by atoms with Gasteiger partial charge in [0, 0.05) is 13.0 Å². The van der Waals surface area contributed by atoms with Crippen LogP contribution in [0.3, 0.4) is 0 Å². The van der Waals surface area contributed by atoms with Gasteiger partial charge >= 0.3 is 5.97 Å². The van der Waals surface area contributed by atoms with Gasteiger partial charge in [-0.3, -0.25) is 19.2 Å². The monoisotopic (exact) mass is 650 g/mol. The summed E-state index contributed by atoms with van der Waals surface area (Å²) in [5.74, 6) is -3.34. The maximum Gasteiger partial charge on any atom is 0.312 e. The lowest BCUT2D eigenvalue weighted by atomic mass is 9.70. The first-order valence-corrected chi connectivity index (χ1v) is 16.4. The number of likely N-dealkylation sites (tertiary alicyclic amines) is 1. The number of fused-ring (bicyclic) bond motifs is 2. The van der Waals surface area contributed by atoms with Gasteiger partial charge in [0.25, 0.3) is 0 Å². The predicted octanol–water partition coefficient (Wildman–Crippen LogP) is 2.20. The van der Waals surface area contributed by atoms with Gasteiger partial charge in [-0.25, -0.2) is 4.68 Å². The minimum absolute atomic E-state index is 0.0452. The summed E-state index contributed by atoms with van der Waals surface area (Å²) in [6.07, 6.45) is 4.14. The molecule has 2 bridgehead atoms. The van der Waals surface area contributed by atoms with E-state index in [1.54, 1.807) is 28.7 Å². The van der Waals surface area contributed by atoms with Crippen LogP contribution in [0.5, 0.6) is 0 Å². The number of aliphatic hydroxyl groups excluding tert-OH is 1. The van der Waals surface area contributed by atoms with Crippen LogP contribution in [0, 0.1) is 17.8 Å². The molecule has 13 heteroatoms. The summed E-state index contributed by atoms with van der Waals surface area (Å²) >= 11 is 0. The first kappa shape index (κ1) is 34.2. The Morgan fingerprint density at radius 3 is 2.70 bits per heavy atom. The minimum atomic E-state index is -1.28. The number of aliphatic hydroxyl groups is 1. The molecule has 2 N–H and O–H groups in total. The average Bonchev–Trinajstić information content (AvgIpc) is 3.80. The topological polar surface area (TPSA) is 156 Å². The minimum Gasteiger partial charge on any atom is -0.460 e. The molecule has 1 spiro atoms. The Labute approximate surface area is 274 Å². The van der Waals surface area contributed by atoms with E-state index >= 15 is 0 Å². The second kappa shape index (κ2) is 14.3. The highest BCUT2D eigenvalue weighted by Gasteiger charge is 2.75. The number of hydrogen-bond donors (Lipinski definition) is 2. The molecule has 3 aliphatic heterocycles. The number of benzene rings is 1. The number of nitrogens with zero attached hydrogens (tertiary/aromatic N) is 5. The summed E-state index contributed by atoms with van der Waals surface area (Å²) in [5.41, 5.74) is 0.139. The molecule has 0 radical (unpaired) electrons. The van der Waals surface area contributed by atoms with Crippen molar-refractivity contribution in [1.82, 2.24) is 30.1 Å². The number of allylic oxidation sites excluding steroid dienone is 1. The number of ether oxygens (including phenoxy) is 2. The number of amides is 3. The quantitative estimate of drug-likeness (QED) is 0.205. The highest BCUT2D eigenvalue weighted by atomic mass is 16.6. The molecule has 13 nitrogen and oxygen atoms in total. The third-order valence-corrected chi connectivity index (χ3v) is 9.46. The van der Waals surface area contributed by atoms with Gasteiger partial charge in [-0.2, -0.15) is 0 Å². The molecule has 47 heavy (non-hydrogen) atoms. The second-order valence-electron chi connectivity index (χ2n) is 13.2. The SMILES string of the molecule is C=CCCC(=O)NC[C@@H](C)OC(=O)[C@@H]1[C@H]2C(=O)N([C@@H](CO)CC(C)C)[C@H](C(=O)N(CC=C)Cn3nnc4ccccc43)[C@]23CC[C@H]1O3. The molecule has 7 atom stereocenters. The van der Waals surface area contributed by atoms with Crippen LogP contribution in [0.25, 0.3) is 11.0 Å². The van der Waals surface area contributed by atoms with Gasteiger partial charge in [-0.15, -0.1) is 18.3 Å². The molecular formula is C34H46N6O7. The van der Waals surface area contributed by atoms with E-state index in [4.69, 9.17) is 9.47 Å². The number of nitrogens with one attached hydrogen (secondary N) is 1. The van der Waals surface area contributed by atoms with Crippen molar-refractivity contribution in [2.75, 3.05) is 19.7 Å². The Morgan fingerprint density at radius 2 is 2.00 bits per heavy atom. The zero-order valence-corrected chi connectivity index (χ0v) is 27.4. The van der Waals surface area contributed by atoms with E-state index < -0.39 is 53.6 Å². The van der Waals surface area contributed by atoms with Crippen LogP contribution < -0.4 is 5.32 Å². The van der Waals surface area contributed by atoms with Crippen molar-refractivity contribution >= 4 is 34.7 Å². The van der Waals surface area contributed by atoms with Crippen LogP contribution in [-0.2, 0) is 35.3 Å². The van der Waals surface area contributed by atoms with Crippen LogP contribution in [-0.4, -0.2) is 103 Å². The van der Waals surface area contributed by atoms with Gasteiger partial charge in [0.1, 0.15) is 29.9 Å². The molecule has 1 aromatic heterocycles. The molecule has 2 aromatic rings. The molecule has 0 saturated carbocycles. The van der Waals surface area contributed by atoms with Gasteiger partial charge in [0.05, 0.1) is 42.6 Å². The van der Waals surface area contributed by atoms with Gasteiger partial charge in [-0.1, -0.05) is 43.3 Å². The Kier molecular flexibility index (Phi) is 10.5. The van der Waals surface area contributed by atoms with Gasteiger partial charge in [-0.05, 0) is 50.7 Å². The van der Waals surface area contributed by atoms with Crippen LogP contribution >= 0.6 is 0 Å². The van der Waals surface area contributed by atoms with Crippen LogP contribution in [0.2, 0.25) is 0 Å². The summed E-state index contributed by atoms with van der Waals surface area (Å²) in [6.45, 7) is 13.1. The number of carbonyl (C=O) groups excluding carboxylic acids is 4. The Balaban J connectivity index is 1.44. The lowest BCUT2D eigenvalue weighted by molar-refractivity contribution is -0.160. The van der Waals surface area contributed by atoms with Crippen LogP contribution in [0.4, 0.5) is 0 Å². The van der Waals surface area contributed by atoms with E-state index in [1.165, 1.54) is 4.90 Å². The van der Waals surface area contributed by atoms with Gasteiger partial charge < -0.3 is 29.7 Å². The lowest BCUT2D eigenvalue weighted by Gasteiger charge is -2.39. The van der Waals surface area contributed by atoms with E-state index in [0.717, 1.165) is 5.52 Å². The highest BCUT2D eigenvalue weighted by Crippen LogP contribution is 2.59. The number of hydrogen-bond acceptors (Lipinski definition) is 9. The fourth-order valence-electron chi connectivity index (χ4n) is 7.48. The van der Waals surface area contributed by atoms with Crippen molar-refractivity contribution in [3.05, 3.63) is 49.6 Å². The summed E-state index contributed by atoms with van der Waals surface area (Å²) < 4.78 is 14.0. The molecule has 3 fully saturated rings. The molecule has 3 aliphatic rings. The van der Waals surface area contributed by atoms with Crippen molar-refractivity contribution in [3.8, 4) is 0 Å². The summed E-state index contributed by atoms with van der Waals surface area (Å²) in [4.78, 5) is 58.1. The van der Waals surface area contributed by atoms with Crippen molar-refractivity contribution in [1.29, 1.82) is 0 Å². The lowest BCUT2D eigenvalue weighted by Crippen LogP contribution is -2.59. The number of esters is 1. The van der Waals surface area contributed by atoms with E-state index in [0.29, 0.717) is 31.2 Å². The third kappa shape index (κ3) is 6.55. The fourth-order valence-corrected chi connectivity index (χ4v) is 7.48. The smallest absolute Gasteiger partial charge is 0.312 e. The third-order valence-electron chi connectivity index (χ3n) is 9.46. The first-order valence-electron chi connectivity index (χ1n) is 16.4. The number of aromatic nitrogens is 3. The Morgan fingerprint density at radius 1 is 1.23 bits per heavy atom. The zero-order chi connectivity index (χ0) is 33.9. The van der Waals surface area contributed by atoms with Gasteiger partial charge in [0.2, 0.25) is 17.7 Å². The van der Waals surface area contributed by atoms with E-state index in [-0.39, 0.29) is 50.5 Å². The normalized spacial score (nSPS) is 25.9. The van der Waals surface area contributed by atoms with E-state index in [9.17, 15) is 24.3 Å². The molecule has 0 aliphatic carbocycles. The first-order chi connectivity index (χ1) is 22.6. The Bertz CT molecular complexity index is 1510. The van der Waals surface area contributed by atoms with Crippen molar-refractivity contribution in [3.63, 3.8) is 0 Å². The Hall–Kier alpha value is -4.10. The largest absolute Gasteiger partial charge is 0.460 e. The van der Waals surface area contributed by atoms with Crippen molar-refractivity contribution in [2.24, 2.45) is 17.8 Å². The molecule has 4 heterocycles. The van der Waals surface area contributed by atoms with Crippen molar-refractivity contribution < 1.29 is 33.8 Å². The molecule has 3 saturated heterocycles. The molecule has 0 unspecified atom stereocenters. The van der Waals surface area contributed by atoms with Crippen LogP contribution in [0.1, 0.15) is 52.9 Å².